The van der Waals surface area contributed by atoms with E-state index in [1.165, 1.54) is 6.20 Å². The number of rotatable bonds is 5. The molecule has 0 atom stereocenters. The number of hydrogen-bond donors (Lipinski definition) is 1. The highest BCUT2D eigenvalue weighted by Crippen LogP contribution is 2.20. The van der Waals surface area contributed by atoms with Gasteiger partial charge in [-0.3, -0.25) is 4.79 Å². The molecule has 0 bridgehead atoms. The molecule has 0 spiro atoms. The van der Waals surface area contributed by atoms with E-state index in [0.29, 0.717) is 28.8 Å². The molecule has 24 heavy (non-hydrogen) atoms. The number of amides is 1. The van der Waals surface area contributed by atoms with Crippen molar-refractivity contribution in [3.8, 4) is 17.3 Å². The first-order valence-corrected chi connectivity index (χ1v) is 7.70. The lowest BCUT2D eigenvalue weighted by atomic mass is 10.2. The van der Waals surface area contributed by atoms with Gasteiger partial charge in [0.15, 0.2) is 11.6 Å². The second-order valence-corrected chi connectivity index (χ2v) is 5.30. The Morgan fingerprint density at radius 1 is 1.42 bits per heavy atom. The van der Waals surface area contributed by atoms with E-state index >= 15 is 0 Å². The van der Waals surface area contributed by atoms with Crippen LogP contribution < -0.4 is 5.32 Å². The third-order valence-corrected chi connectivity index (χ3v) is 3.63. The van der Waals surface area contributed by atoms with Gasteiger partial charge in [0, 0.05) is 25.2 Å². The predicted molar refractivity (Wildman–Crippen MR) is 86.8 cm³/mol. The summed E-state index contributed by atoms with van der Waals surface area (Å²) in [6.45, 7) is 3.88. The molecule has 3 rings (SSSR count). The summed E-state index contributed by atoms with van der Waals surface area (Å²) in [6, 6.07) is 3.60. The zero-order chi connectivity index (χ0) is 17.1. The van der Waals surface area contributed by atoms with Gasteiger partial charge < -0.3 is 9.84 Å². The Labute approximate surface area is 138 Å². The third kappa shape index (κ3) is 2.90. The summed E-state index contributed by atoms with van der Waals surface area (Å²) >= 11 is 0. The van der Waals surface area contributed by atoms with Crippen molar-refractivity contribution in [1.29, 1.82) is 0 Å². The molecule has 3 aromatic rings. The van der Waals surface area contributed by atoms with Crippen molar-refractivity contribution in [2.24, 2.45) is 0 Å². The molecule has 3 heterocycles. The van der Waals surface area contributed by atoms with Gasteiger partial charge in [-0.2, -0.15) is 10.1 Å². The molecule has 0 unspecified atom stereocenters. The lowest BCUT2D eigenvalue weighted by Crippen LogP contribution is -2.18. The first-order chi connectivity index (χ1) is 11.6. The molecule has 3 aromatic heterocycles. The summed E-state index contributed by atoms with van der Waals surface area (Å²) in [6.07, 6.45) is 4.90. The fourth-order valence-corrected chi connectivity index (χ4v) is 2.36. The maximum absolute atomic E-state index is 11.8. The van der Waals surface area contributed by atoms with E-state index in [4.69, 9.17) is 4.52 Å². The van der Waals surface area contributed by atoms with Crippen molar-refractivity contribution in [2.45, 2.75) is 26.7 Å². The summed E-state index contributed by atoms with van der Waals surface area (Å²) in [5, 5.41) is 10.8. The second kappa shape index (κ2) is 6.61. The number of aromatic nitrogens is 5. The standard InChI is InChI=1S/C16H18N6O2/c1-4-5-13-20-16(24-21-13)11-6-7-18-14(8-11)22-10(2)12(9-19-22)15(23)17-3/h6-9H,4-5H2,1-3H3,(H,17,23). The third-order valence-electron chi connectivity index (χ3n) is 3.63. The molecular weight excluding hydrogens is 308 g/mol. The molecule has 124 valence electrons. The quantitative estimate of drug-likeness (QED) is 0.769. The van der Waals surface area contributed by atoms with E-state index in [1.807, 2.05) is 6.92 Å². The number of carbonyl (C=O) groups excluding carboxylic acids is 1. The maximum atomic E-state index is 11.8. The molecule has 0 fully saturated rings. The molecule has 0 saturated carbocycles. The predicted octanol–water partition coefficient (Wildman–Crippen LogP) is 1.94. The Bertz CT molecular complexity index is 867. The first-order valence-electron chi connectivity index (χ1n) is 7.70. The minimum atomic E-state index is -0.184. The minimum Gasteiger partial charge on any atom is -0.355 e. The van der Waals surface area contributed by atoms with Gasteiger partial charge in [0.25, 0.3) is 11.8 Å². The summed E-state index contributed by atoms with van der Waals surface area (Å²) in [5.41, 5.74) is 1.97. The van der Waals surface area contributed by atoms with Crippen LogP contribution in [0.3, 0.4) is 0 Å². The van der Waals surface area contributed by atoms with E-state index in [2.05, 4.69) is 32.5 Å². The number of nitrogens with one attached hydrogen (secondary N) is 1. The number of hydrogen-bond acceptors (Lipinski definition) is 6. The molecule has 0 saturated heterocycles. The van der Waals surface area contributed by atoms with Gasteiger partial charge in [-0.25, -0.2) is 9.67 Å². The topological polar surface area (TPSA) is 98.7 Å². The largest absolute Gasteiger partial charge is 0.355 e. The molecule has 1 N–H and O–H groups in total. The summed E-state index contributed by atoms with van der Waals surface area (Å²) < 4.78 is 6.91. The molecular formula is C16H18N6O2. The Hall–Kier alpha value is -3.03. The second-order valence-electron chi connectivity index (χ2n) is 5.30. The van der Waals surface area contributed by atoms with Crippen LogP contribution in [0, 0.1) is 6.92 Å². The highest BCUT2D eigenvalue weighted by Gasteiger charge is 2.16. The number of nitrogens with zero attached hydrogens (tertiary/aromatic N) is 5. The van der Waals surface area contributed by atoms with Gasteiger partial charge in [0.05, 0.1) is 17.5 Å². The summed E-state index contributed by atoms with van der Waals surface area (Å²) in [5.74, 6) is 1.52. The zero-order valence-electron chi connectivity index (χ0n) is 13.8. The average Bonchev–Trinajstić information content (AvgIpc) is 3.21. The monoisotopic (exact) mass is 326 g/mol. The summed E-state index contributed by atoms with van der Waals surface area (Å²) in [7, 11) is 1.58. The van der Waals surface area contributed by atoms with Gasteiger partial charge >= 0.3 is 0 Å². The van der Waals surface area contributed by atoms with Crippen molar-refractivity contribution in [3.63, 3.8) is 0 Å². The first kappa shape index (κ1) is 15.9. The lowest BCUT2D eigenvalue weighted by Gasteiger charge is -2.05. The van der Waals surface area contributed by atoms with E-state index in [0.717, 1.165) is 18.4 Å². The van der Waals surface area contributed by atoms with E-state index < -0.39 is 0 Å². The van der Waals surface area contributed by atoms with E-state index in [9.17, 15) is 4.79 Å². The summed E-state index contributed by atoms with van der Waals surface area (Å²) in [4.78, 5) is 20.5. The Kier molecular flexibility index (Phi) is 4.37. The van der Waals surface area contributed by atoms with Crippen LogP contribution in [0.2, 0.25) is 0 Å². The van der Waals surface area contributed by atoms with Gasteiger partial charge in [-0.15, -0.1) is 0 Å². The Balaban J connectivity index is 1.96. The highest BCUT2D eigenvalue weighted by molar-refractivity contribution is 5.94. The smallest absolute Gasteiger partial charge is 0.258 e. The van der Waals surface area contributed by atoms with Crippen molar-refractivity contribution >= 4 is 5.91 Å². The van der Waals surface area contributed by atoms with Crippen molar-refractivity contribution in [3.05, 3.63) is 41.6 Å². The van der Waals surface area contributed by atoms with Crippen molar-refractivity contribution in [1.82, 2.24) is 30.2 Å². The van der Waals surface area contributed by atoms with Crippen LogP contribution in [0.15, 0.2) is 29.0 Å². The molecule has 0 aliphatic rings. The van der Waals surface area contributed by atoms with Gasteiger partial charge in [0.2, 0.25) is 0 Å². The number of aryl methyl sites for hydroxylation is 1. The van der Waals surface area contributed by atoms with Crippen LogP contribution in [-0.4, -0.2) is 37.9 Å². The van der Waals surface area contributed by atoms with Gasteiger partial charge in [-0.05, 0) is 25.5 Å². The number of pyridine rings is 1. The van der Waals surface area contributed by atoms with Gasteiger partial charge in [0.1, 0.15) is 0 Å². The minimum absolute atomic E-state index is 0.184. The Morgan fingerprint density at radius 2 is 2.25 bits per heavy atom. The fourth-order valence-electron chi connectivity index (χ4n) is 2.36. The van der Waals surface area contributed by atoms with Crippen molar-refractivity contribution < 1.29 is 9.32 Å². The van der Waals surface area contributed by atoms with Gasteiger partial charge in [-0.1, -0.05) is 12.1 Å². The Morgan fingerprint density at radius 3 is 3.00 bits per heavy atom. The molecule has 0 radical (unpaired) electrons. The molecule has 8 nitrogen and oxygen atoms in total. The van der Waals surface area contributed by atoms with Crippen LogP contribution >= 0.6 is 0 Å². The SMILES string of the molecule is CCCc1noc(-c2ccnc(-n3ncc(C(=O)NC)c3C)c2)n1. The fraction of sp³-hybridized carbons (Fsp3) is 0.312. The van der Waals surface area contributed by atoms with E-state index in [-0.39, 0.29) is 5.91 Å². The average molecular weight is 326 g/mol. The molecule has 0 aliphatic carbocycles. The molecule has 0 aromatic carbocycles. The lowest BCUT2D eigenvalue weighted by molar-refractivity contribution is 0.0962. The van der Waals surface area contributed by atoms with Crippen molar-refractivity contribution in [2.75, 3.05) is 7.05 Å². The molecule has 8 heteroatoms. The highest BCUT2D eigenvalue weighted by atomic mass is 16.5. The van der Waals surface area contributed by atoms with Crippen LogP contribution in [0.4, 0.5) is 0 Å². The number of carbonyl (C=O) groups is 1. The molecule has 1 amide bonds. The van der Waals surface area contributed by atoms with Crippen LogP contribution in [0.5, 0.6) is 0 Å². The van der Waals surface area contributed by atoms with Crippen LogP contribution in [0.25, 0.3) is 17.3 Å². The molecule has 0 aliphatic heterocycles. The normalized spacial score (nSPS) is 10.8. The van der Waals surface area contributed by atoms with Crippen LogP contribution in [0.1, 0.15) is 35.2 Å². The van der Waals surface area contributed by atoms with E-state index in [1.54, 1.807) is 30.1 Å². The zero-order valence-corrected chi connectivity index (χ0v) is 13.8. The van der Waals surface area contributed by atoms with Crippen LogP contribution in [-0.2, 0) is 6.42 Å². The maximum Gasteiger partial charge on any atom is 0.258 e.